The molecule has 2 amide bonds. The van der Waals surface area contributed by atoms with Gasteiger partial charge in [0.15, 0.2) is 0 Å². The summed E-state index contributed by atoms with van der Waals surface area (Å²) < 4.78 is 42.3. The zero-order chi connectivity index (χ0) is 25.8. The van der Waals surface area contributed by atoms with E-state index in [1.807, 2.05) is 24.3 Å². The van der Waals surface area contributed by atoms with Gasteiger partial charge >= 0.3 is 11.0 Å². The summed E-state index contributed by atoms with van der Waals surface area (Å²) in [4.78, 5) is 44.3. The second-order valence-electron chi connectivity index (χ2n) is 10.0. The molecule has 2 aliphatic heterocycles. The molecule has 0 unspecified atom stereocenters. The van der Waals surface area contributed by atoms with Crippen LogP contribution < -0.4 is 9.77 Å². The average Bonchev–Trinajstić information content (AvgIpc) is 3.58. The van der Waals surface area contributed by atoms with E-state index in [1.54, 1.807) is 11.8 Å². The number of fused-ring (bicyclic) bond motifs is 9. The third-order valence-corrected chi connectivity index (χ3v) is 11.5. The molecule has 2 aromatic carbocycles. The molecule has 3 aromatic rings. The predicted molar refractivity (Wildman–Crippen MR) is 137 cm³/mol. The van der Waals surface area contributed by atoms with Gasteiger partial charge in [0, 0.05) is 20.5 Å². The minimum atomic E-state index is -4.69. The number of aromatic nitrogens is 1. The molecule has 7 atom stereocenters. The smallest absolute Gasteiger partial charge is 0.307 e. The van der Waals surface area contributed by atoms with Crippen molar-refractivity contribution in [2.45, 2.75) is 28.8 Å². The first-order chi connectivity index (χ1) is 17.6. The van der Waals surface area contributed by atoms with Gasteiger partial charge in [-0.15, -0.1) is 11.8 Å². The first kappa shape index (κ1) is 23.7. The Labute approximate surface area is 225 Å². The van der Waals surface area contributed by atoms with E-state index < -0.39 is 35.4 Å². The minimum absolute atomic E-state index is 0.00839. The van der Waals surface area contributed by atoms with Gasteiger partial charge in [-0.25, -0.2) is 4.90 Å². The number of rotatable bonds is 2. The summed E-state index contributed by atoms with van der Waals surface area (Å²) in [7, 11) is 0. The summed E-state index contributed by atoms with van der Waals surface area (Å²) in [5, 5.41) is 0.775. The molecule has 0 spiro atoms. The zero-order valence-electron chi connectivity index (χ0n) is 18.9. The summed E-state index contributed by atoms with van der Waals surface area (Å²) in [6.07, 6.45) is -4.01. The summed E-state index contributed by atoms with van der Waals surface area (Å²) in [6.45, 7) is 0. The normalized spacial score (nSPS) is 32.0. The number of nitrogens with one attached hydrogen (secondary N) is 1. The number of imide groups is 1. The standard InChI is InChI=1S/C26H18BrF3N2O3S2/c27-11-7-5-10(6-8-11)16-17-12-9-13(20(17)36-22-21(16)37-25(35)31-22)19-18(12)23(33)32(24(19)34)15-4-2-1-3-14(15)26(28,29)30/h1-8,12-13,16-20H,9H2,(H,31,35)/t12-,13-,16+,17+,18+,19+,20-/m1/s1. The highest BCUT2D eigenvalue weighted by molar-refractivity contribution is 9.10. The summed E-state index contributed by atoms with van der Waals surface area (Å²) in [6, 6.07) is 12.7. The SMILES string of the molecule is O=C1[C@H]2[C@H]3C[C@@H]([C@@H]2C(=O)N1c1ccccc1C(F)(F)F)[C@H]1[C@H](c2ccc(Br)cc2)c2sc(=O)[nH]c2S[C@H]31. The van der Waals surface area contributed by atoms with Crippen molar-refractivity contribution in [1.82, 2.24) is 4.98 Å². The predicted octanol–water partition coefficient (Wildman–Crippen LogP) is 5.90. The van der Waals surface area contributed by atoms with E-state index in [0.29, 0.717) is 6.42 Å². The molecular weight excluding hydrogens is 589 g/mol. The molecule has 0 radical (unpaired) electrons. The highest BCUT2D eigenvalue weighted by atomic mass is 79.9. The number of H-pyrrole nitrogens is 1. The molecule has 2 aliphatic carbocycles. The monoisotopic (exact) mass is 606 g/mol. The molecule has 1 saturated heterocycles. The maximum atomic E-state index is 13.8. The number of amides is 2. The number of hydrogen-bond donors (Lipinski definition) is 1. The Bertz CT molecular complexity index is 1520. The van der Waals surface area contributed by atoms with Gasteiger partial charge in [-0.1, -0.05) is 51.5 Å². The van der Waals surface area contributed by atoms with Crippen molar-refractivity contribution in [1.29, 1.82) is 0 Å². The topological polar surface area (TPSA) is 70.2 Å². The number of aromatic amines is 1. The number of benzene rings is 2. The number of para-hydroxylation sites is 1. The highest BCUT2D eigenvalue weighted by Crippen LogP contribution is 2.68. The average molecular weight is 607 g/mol. The van der Waals surface area contributed by atoms with Gasteiger partial charge in [0.05, 0.1) is 28.1 Å². The van der Waals surface area contributed by atoms with E-state index in [1.165, 1.54) is 29.5 Å². The lowest BCUT2D eigenvalue weighted by Crippen LogP contribution is -2.42. The van der Waals surface area contributed by atoms with Gasteiger partial charge in [-0.2, -0.15) is 13.2 Å². The van der Waals surface area contributed by atoms with Crippen LogP contribution in [0.2, 0.25) is 0 Å². The third-order valence-electron chi connectivity index (χ3n) is 8.40. The second-order valence-corrected chi connectivity index (χ2v) is 13.2. The van der Waals surface area contributed by atoms with Gasteiger partial charge in [-0.05, 0) is 54.0 Å². The number of carbonyl (C=O) groups is 2. The first-order valence-electron chi connectivity index (χ1n) is 11.8. The molecular formula is C26H18BrF3N2O3S2. The summed E-state index contributed by atoms with van der Waals surface area (Å²) in [5.74, 6) is -2.83. The number of anilines is 1. The van der Waals surface area contributed by atoms with Crippen molar-refractivity contribution in [3.05, 3.63) is 78.7 Å². The number of nitrogens with zero attached hydrogens (tertiary/aromatic N) is 1. The Hall–Kier alpha value is -2.37. The van der Waals surface area contributed by atoms with Crippen molar-refractivity contribution in [3.63, 3.8) is 0 Å². The molecule has 5 nitrogen and oxygen atoms in total. The van der Waals surface area contributed by atoms with Crippen LogP contribution in [0.5, 0.6) is 0 Å². The van der Waals surface area contributed by atoms with E-state index in [2.05, 4.69) is 20.9 Å². The van der Waals surface area contributed by atoms with Crippen molar-refractivity contribution >= 4 is 56.5 Å². The van der Waals surface area contributed by atoms with E-state index in [9.17, 15) is 27.6 Å². The van der Waals surface area contributed by atoms with E-state index in [4.69, 9.17) is 0 Å². The zero-order valence-corrected chi connectivity index (χ0v) is 22.1. The summed E-state index contributed by atoms with van der Waals surface area (Å²) >= 11 is 6.19. The number of thioether (sulfide) groups is 1. The van der Waals surface area contributed by atoms with Crippen LogP contribution in [0, 0.1) is 29.6 Å². The van der Waals surface area contributed by atoms with E-state index >= 15 is 0 Å². The largest absolute Gasteiger partial charge is 0.418 e. The number of thiazole rings is 1. The van der Waals surface area contributed by atoms with Crippen LogP contribution in [-0.4, -0.2) is 22.0 Å². The van der Waals surface area contributed by atoms with E-state index in [-0.39, 0.29) is 39.5 Å². The Morgan fingerprint density at radius 3 is 2.32 bits per heavy atom. The highest BCUT2D eigenvalue weighted by Gasteiger charge is 2.70. The maximum absolute atomic E-state index is 13.8. The lowest BCUT2D eigenvalue weighted by atomic mass is 9.68. The van der Waals surface area contributed by atoms with E-state index in [0.717, 1.165) is 30.9 Å². The van der Waals surface area contributed by atoms with Crippen LogP contribution in [-0.2, 0) is 15.8 Å². The van der Waals surface area contributed by atoms with Crippen molar-refractivity contribution < 1.29 is 22.8 Å². The van der Waals surface area contributed by atoms with Gasteiger partial charge in [0.1, 0.15) is 0 Å². The molecule has 3 heterocycles. The molecule has 190 valence electrons. The molecule has 3 fully saturated rings. The molecule has 7 rings (SSSR count). The fourth-order valence-corrected chi connectivity index (χ4v) is 10.4. The van der Waals surface area contributed by atoms with Gasteiger partial charge in [0.25, 0.3) is 0 Å². The minimum Gasteiger partial charge on any atom is -0.307 e. The van der Waals surface area contributed by atoms with Gasteiger partial charge < -0.3 is 4.98 Å². The molecule has 11 heteroatoms. The van der Waals surface area contributed by atoms with Gasteiger partial charge in [0.2, 0.25) is 11.8 Å². The van der Waals surface area contributed by atoms with Crippen LogP contribution >= 0.6 is 39.0 Å². The lowest BCUT2D eigenvalue weighted by Gasteiger charge is -2.43. The first-order valence-corrected chi connectivity index (χ1v) is 14.3. The Kier molecular flexibility index (Phi) is 5.17. The Balaban J connectivity index is 1.32. The van der Waals surface area contributed by atoms with Crippen LogP contribution in [0.3, 0.4) is 0 Å². The molecule has 1 aromatic heterocycles. The number of hydrogen-bond acceptors (Lipinski definition) is 5. The summed E-state index contributed by atoms with van der Waals surface area (Å²) in [5.41, 5.74) is -0.347. The quantitative estimate of drug-likeness (QED) is 0.369. The van der Waals surface area contributed by atoms with Crippen molar-refractivity contribution in [3.8, 4) is 0 Å². The van der Waals surface area contributed by atoms with Crippen LogP contribution in [0.1, 0.15) is 28.3 Å². The van der Waals surface area contributed by atoms with Crippen LogP contribution in [0.4, 0.5) is 18.9 Å². The lowest BCUT2D eigenvalue weighted by molar-refractivity contribution is -0.137. The second kappa shape index (κ2) is 8.07. The molecule has 2 bridgehead atoms. The number of carbonyl (C=O) groups excluding carboxylic acids is 2. The molecule has 4 aliphatic rings. The van der Waals surface area contributed by atoms with Crippen LogP contribution in [0.15, 0.2) is 62.8 Å². The maximum Gasteiger partial charge on any atom is 0.418 e. The van der Waals surface area contributed by atoms with Crippen molar-refractivity contribution in [2.24, 2.45) is 29.6 Å². The molecule has 37 heavy (non-hydrogen) atoms. The van der Waals surface area contributed by atoms with Gasteiger partial charge in [-0.3, -0.25) is 14.4 Å². The fourth-order valence-electron chi connectivity index (χ4n) is 7.21. The third kappa shape index (κ3) is 3.32. The Morgan fingerprint density at radius 1 is 0.946 bits per heavy atom. The fraction of sp³-hybridized carbons (Fsp3) is 0.346. The molecule has 1 N–H and O–H groups in total. The number of alkyl halides is 3. The number of halogens is 4. The Morgan fingerprint density at radius 2 is 1.62 bits per heavy atom. The molecule has 2 saturated carbocycles. The van der Waals surface area contributed by atoms with Crippen LogP contribution in [0.25, 0.3) is 0 Å². The van der Waals surface area contributed by atoms with Crippen molar-refractivity contribution in [2.75, 3.05) is 4.90 Å².